The molecule has 0 aliphatic rings. The van der Waals surface area contributed by atoms with Crippen LogP contribution < -0.4 is 0 Å². The molecule has 0 aliphatic heterocycles. The minimum Gasteiger partial charge on any atom is -0.267 e. The Kier molecular flexibility index (Phi) is 3.31. The summed E-state index contributed by atoms with van der Waals surface area (Å²) in [5, 5.41) is 15.3. The van der Waals surface area contributed by atoms with E-state index in [0.29, 0.717) is 11.6 Å². The van der Waals surface area contributed by atoms with Gasteiger partial charge in [-0.15, -0.1) is 0 Å². The zero-order valence-electron chi connectivity index (χ0n) is 8.51. The van der Waals surface area contributed by atoms with Crippen molar-refractivity contribution in [1.82, 2.24) is 9.78 Å². The SMILES string of the molecule is O=[N+]([O-])c1cc(Cn2cc(Cl)cn2)ccc1Cl. The maximum absolute atomic E-state index is 10.7. The number of nitrogens with zero attached hydrogens (tertiary/aromatic N) is 3. The highest BCUT2D eigenvalue weighted by Gasteiger charge is 2.12. The van der Waals surface area contributed by atoms with Crippen LogP contribution in [0.25, 0.3) is 0 Å². The van der Waals surface area contributed by atoms with Crippen molar-refractivity contribution in [1.29, 1.82) is 0 Å². The summed E-state index contributed by atoms with van der Waals surface area (Å²) in [7, 11) is 0. The summed E-state index contributed by atoms with van der Waals surface area (Å²) in [6.45, 7) is 0.407. The number of hydrogen-bond acceptors (Lipinski definition) is 3. The number of aromatic nitrogens is 2. The molecule has 17 heavy (non-hydrogen) atoms. The minimum absolute atomic E-state index is 0.109. The second-order valence-electron chi connectivity index (χ2n) is 3.40. The number of rotatable bonds is 3. The molecule has 0 aliphatic carbocycles. The van der Waals surface area contributed by atoms with Gasteiger partial charge in [0.1, 0.15) is 5.02 Å². The van der Waals surface area contributed by atoms with E-state index in [-0.39, 0.29) is 10.7 Å². The van der Waals surface area contributed by atoms with Gasteiger partial charge in [-0.05, 0) is 11.6 Å². The van der Waals surface area contributed by atoms with Crippen LogP contribution in [0.1, 0.15) is 5.56 Å². The average molecular weight is 272 g/mol. The van der Waals surface area contributed by atoms with Gasteiger partial charge in [-0.3, -0.25) is 14.8 Å². The van der Waals surface area contributed by atoms with Crippen LogP contribution in [-0.2, 0) is 6.54 Å². The number of nitro groups is 1. The number of hydrogen-bond donors (Lipinski definition) is 0. The van der Waals surface area contributed by atoms with E-state index in [0.717, 1.165) is 5.56 Å². The normalized spacial score (nSPS) is 10.5. The van der Waals surface area contributed by atoms with Crippen molar-refractivity contribution in [3.05, 3.63) is 56.3 Å². The fraction of sp³-hybridized carbons (Fsp3) is 0.100. The molecule has 0 saturated carbocycles. The third kappa shape index (κ3) is 2.75. The average Bonchev–Trinajstić information content (AvgIpc) is 2.66. The predicted octanol–water partition coefficient (Wildman–Crippen LogP) is 3.15. The summed E-state index contributed by atoms with van der Waals surface area (Å²) in [5.74, 6) is 0. The van der Waals surface area contributed by atoms with Crippen LogP contribution in [0.5, 0.6) is 0 Å². The Morgan fingerprint density at radius 3 is 2.76 bits per heavy atom. The van der Waals surface area contributed by atoms with Crippen LogP contribution >= 0.6 is 23.2 Å². The number of halogens is 2. The molecule has 7 heteroatoms. The fourth-order valence-corrected chi connectivity index (χ4v) is 1.75. The van der Waals surface area contributed by atoms with Crippen LogP contribution in [0.15, 0.2) is 30.6 Å². The highest BCUT2D eigenvalue weighted by atomic mass is 35.5. The Labute approximate surface area is 107 Å². The molecule has 1 heterocycles. The molecular formula is C10H7Cl2N3O2. The highest BCUT2D eigenvalue weighted by Crippen LogP contribution is 2.25. The van der Waals surface area contributed by atoms with Crippen molar-refractivity contribution in [3.63, 3.8) is 0 Å². The quantitative estimate of drug-likeness (QED) is 0.637. The van der Waals surface area contributed by atoms with E-state index in [4.69, 9.17) is 23.2 Å². The van der Waals surface area contributed by atoms with Crippen molar-refractivity contribution in [2.45, 2.75) is 6.54 Å². The molecule has 0 fully saturated rings. The van der Waals surface area contributed by atoms with Gasteiger partial charge in [-0.2, -0.15) is 5.10 Å². The highest BCUT2D eigenvalue weighted by molar-refractivity contribution is 6.32. The lowest BCUT2D eigenvalue weighted by molar-refractivity contribution is -0.384. The summed E-state index contributed by atoms with van der Waals surface area (Å²) in [4.78, 5) is 10.2. The lowest BCUT2D eigenvalue weighted by Crippen LogP contribution is -2.00. The first-order chi connectivity index (χ1) is 8.06. The Bertz CT molecular complexity index is 568. The van der Waals surface area contributed by atoms with Gasteiger partial charge < -0.3 is 0 Å². The summed E-state index contributed by atoms with van der Waals surface area (Å²) in [6, 6.07) is 4.64. The second-order valence-corrected chi connectivity index (χ2v) is 4.24. The van der Waals surface area contributed by atoms with Crippen LogP contribution in [0, 0.1) is 10.1 Å². The van der Waals surface area contributed by atoms with E-state index < -0.39 is 4.92 Å². The lowest BCUT2D eigenvalue weighted by Gasteiger charge is -2.02. The molecule has 88 valence electrons. The summed E-state index contributed by atoms with van der Waals surface area (Å²) < 4.78 is 1.59. The van der Waals surface area contributed by atoms with E-state index in [1.807, 2.05) is 0 Å². The largest absolute Gasteiger partial charge is 0.288 e. The molecule has 1 aromatic carbocycles. The van der Waals surface area contributed by atoms with Crippen LogP contribution in [0.2, 0.25) is 10.0 Å². The van der Waals surface area contributed by atoms with Gasteiger partial charge in [-0.1, -0.05) is 29.3 Å². The third-order valence-corrected chi connectivity index (χ3v) is 2.67. The molecule has 5 nitrogen and oxygen atoms in total. The van der Waals surface area contributed by atoms with Crippen molar-refractivity contribution in [3.8, 4) is 0 Å². The van der Waals surface area contributed by atoms with Gasteiger partial charge in [0.25, 0.3) is 5.69 Å². The Morgan fingerprint density at radius 1 is 1.41 bits per heavy atom. The number of benzene rings is 1. The molecule has 0 spiro atoms. The topological polar surface area (TPSA) is 61.0 Å². The van der Waals surface area contributed by atoms with Crippen molar-refractivity contribution < 1.29 is 4.92 Å². The summed E-state index contributed by atoms with van der Waals surface area (Å²) in [5.41, 5.74) is 0.628. The fourth-order valence-electron chi connectivity index (χ4n) is 1.41. The Balaban J connectivity index is 2.28. The molecule has 2 aromatic rings. The molecule has 0 unspecified atom stereocenters. The summed E-state index contributed by atoms with van der Waals surface area (Å²) >= 11 is 11.4. The van der Waals surface area contributed by atoms with E-state index in [1.54, 1.807) is 16.9 Å². The predicted molar refractivity (Wildman–Crippen MR) is 64.4 cm³/mol. The van der Waals surface area contributed by atoms with Gasteiger partial charge >= 0.3 is 0 Å². The molecule has 0 atom stereocenters. The minimum atomic E-state index is -0.512. The molecule has 2 rings (SSSR count). The molecular weight excluding hydrogens is 265 g/mol. The van der Waals surface area contributed by atoms with Crippen LogP contribution in [0.3, 0.4) is 0 Å². The summed E-state index contributed by atoms with van der Waals surface area (Å²) in [6.07, 6.45) is 3.15. The molecule has 0 N–H and O–H groups in total. The van der Waals surface area contributed by atoms with Crippen LogP contribution in [-0.4, -0.2) is 14.7 Å². The van der Waals surface area contributed by atoms with Crippen molar-refractivity contribution in [2.24, 2.45) is 0 Å². The van der Waals surface area contributed by atoms with Crippen molar-refractivity contribution in [2.75, 3.05) is 0 Å². The van der Waals surface area contributed by atoms with Gasteiger partial charge in [0.2, 0.25) is 0 Å². The van der Waals surface area contributed by atoms with E-state index >= 15 is 0 Å². The standard InChI is InChI=1S/C10H7Cl2N3O2/c11-8-4-13-14(6-8)5-7-1-2-9(12)10(3-7)15(16)17/h1-4,6H,5H2. The van der Waals surface area contributed by atoms with E-state index in [2.05, 4.69) is 5.10 Å². The van der Waals surface area contributed by atoms with Crippen molar-refractivity contribution >= 4 is 28.9 Å². The smallest absolute Gasteiger partial charge is 0.267 e. The molecule has 0 radical (unpaired) electrons. The molecule has 1 aromatic heterocycles. The Hall–Kier alpha value is -1.59. The Morgan fingerprint density at radius 2 is 2.18 bits per heavy atom. The zero-order chi connectivity index (χ0) is 12.4. The zero-order valence-corrected chi connectivity index (χ0v) is 10.0. The monoisotopic (exact) mass is 271 g/mol. The van der Waals surface area contributed by atoms with Gasteiger partial charge in [0, 0.05) is 12.3 Å². The van der Waals surface area contributed by atoms with Gasteiger partial charge in [0.15, 0.2) is 0 Å². The van der Waals surface area contributed by atoms with E-state index in [1.165, 1.54) is 18.3 Å². The first-order valence-corrected chi connectivity index (χ1v) is 5.42. The lowest BCUT2D eigenvalue weighted by atomic mass is 10.2. The maximum atomic E-state index is 10.7. The molecule has 0 amide bonds. The first kappa shape index (κ1) is 11.9. The number of nitro benzene ring substituents is 1. The maximum Gasteiger partial charge on any atom is 0.288 e. The molecule has 0 saturated heterocycles. The van der Waals surface area contributed by atoms with Gasteiger partial charge in [0.05, 0.1) is 22.7 Å². The third-order valence-electron chi connectivity index (χ3n) is 2.15. The van der Waals surface area contributed by atoms with E-state index in [9.17, 15) is 10.1 Å². The van der Waals surface area contributed by atoms with Gasteiger partial charge in [-0.25, -0.2) is 0 Å². The molecule has 0 bridgehead atoms. The van der Waals surface area contributed by atoms with Crippen LogP contribution in [0.4, 0.5) is 5.69 Å². The second kappa shape index (κ2) is 4.73. The first-order valence-electron chi connectivity index (χ1n) is 4.67.